The van der Waals surface area contributed by atoms with E-state index in [9.17, 15) is 31.1 Å². The maximum Gasteiger partial charge on any atom is 0.573 e. The molecule has 1 aliphatic heterocycles. The third kappa shape index (κ3) is 8.45. The van der Waals surface area contributed by atoms with E-state index < -0.39 is 46.9 Å². The lowest BCUT2D eigenvalue weighted by molar-refractivity contribution is -0.274. The summed E-state index contributed by atoms with van der Waals surface area (Å²) in [6.45, 7) is 6.77. The largest absolute Gasteiger partial charge is 0.755 e. The summed E-state index contributed by atoms with van der Waals surface area (Å²) in [7, 11) is 0. The monoisotopic (exact) mass is 580 g/mol. The average Bonchev–Trinajstić information content (AvgIpc) is 2.79. The van der Waals surface area contributed by atoms with Gasteiger partial charge in [0.05, 0.1) is 11.1 Å². The summed E-state index contributed by atoms with van der Waals surface area (Å²) >= 11 is 2.92. The van der Waals surface area contributed by atoms with Gasteiger partial charge >= 0.3 is 12.5 Å². The summed E-state index contributed by atoms with van der Waals surface area (Å²) < 4.78 is 87.0. The number of carbonyl (C=O) groups excluding carboxylic acids is 1. The van der Waals surface area contributed by atoms with Crippen LogP contribution in [0.1, 0.15) is 32.4 Å². The van der Waals surface area contributed by atoms with Gasteiger partial charge in [0.1, 0.15) is 17.2 Å². The number of rotatable bonds is 7. The van der Waals surface area contributed by atoms with E-state index >= 15 is 0 Å². The molecule has 1 heterocycles. The molecule has 2 unspecified atom stereocenters. The first-order valence-corrected chi connectivity index (χ1v) is 12.9. The van der Waals surface area contributed by atoms with Crippen molar-refractivity contribution in [2.45, 2.75) is 38.8 Å². The van der Waals surface area contributed by atoms with E-state index in [-0.39, 0.29) is 22.8 Å². The van der Waals surface area contributed by atoms with Crippen LogP contribution in [0.3, 0.4) is 0 Å². The van der Waals surface area contributed by atoms with E-state index in [2.05, 4.69) is 4.74 Å². The average molecular weight is 581 g/mol. The van der Waals surface area contributed by atoms with E-state index in [0.29, 0.717) is 26.2 Å². The zero-order valence-corrected chi connectivity index (χ0v) is 22.4. The molecule has 1 amide bonds. The molecule has 1 saturated heterocycles. The van der Waals surface area contributed by atoms with Gasteiger partial charge in [0, 0.05) is 49.7 Å². The lowest BCUT2D eigenvalue weighted by Gasteiger charge is -2.41. The van der Waals surface area contributed by atoms with E-state index in [1.165, 1.54) is 12.1 Å². The van der Waals surface area contributed by atoms with Gasteiger partial charge in [-0.1, -0.05) is 17.7 Å². The fourth-order valence-corrected chi connectivity index (χ4v) is 4.69. The maximum absolute atomic E-state index is 14.4. The number of hydrogen-bond donors (Lipinski definition) is 0. The Morgan fingerprint density at radius 2 is 1.71 bits per heavy atom. The SMILES string of the molecule is CC(C)(C)OC(=O)N1CCN(CC(c2ccc(Cl)c(F)c2)N(c2ccc(OC(F)(F)F)cc2)S(=O)[O-])CC1. The second-order valence-corrected chi connectivity index (χ2v) is 10.8. The van der Waals surface area contributed by atoms with Crippen LogP contribution in [0, 0.1) is 5.82 Å². The highest BCUT2D eigenvalue weighted by atomic mass is 35.5. The van der Waals surface area contributed by atoms with Gasteiger partial charge in [0.15, 0.2) is 0 Å². The molecule has 0 spiro atoms. The van der Waals surface area contributed by atoms with Gasteiger partial charge in [-0.25, -0.2) is 9.18 Å². The third-order valence-corrected chi connectivity index (χ3v) is 6.65. The van der Waals surface area contributed by atoms with Crippen molar-refractivity contribution >= 4 is 34.6 Å². The highest BCUT2D eigenvalue weighted by molar-refractivity contribution is 7.80. The van der Waals surface area contributed by atoms with Crippen LogP contribution in [0.25, 0.3) is 0 Å². The van der Waals surface area contributed by atoms with Crippen molar-refractivity contribution in [3.63, 3.8) is 0 Å². The minimum absolute atomic E-state index is 0.0422. The predicted molar refractivity (Wildman–Crippen MR) is 133 cm³/mol. The second kappa shape index (κ2) is 12.1. The number of ether oxygens (including phenoxy) is 2. The Balaban J connectivity index is 1.85. The van der Waals surface area contributed by atoms with Crippen LogP contribution in [0.4, 0.5) is 28.0 Å². The zero-order valence-electron chi connectivity index (χ0n) is 20.8. The van der Waals surface area contributed by atoms with Crippen LogP contribution in [-0.4, -0.2) is 69.3 Å². The summed E-state index contributed by atoms with van der Waals surface area (Å²) in [6, 6.07) is 7.23. The Morgan fingerprint density at radius 3 is 2.21 bits per heavy atom. The molecule has 0 bridgehead atoms. The van der Waals surface area contributed by atoms with Gasteiger partial charge < -0.3 is 18.9 Å². The van der Waals surface area contributed by atoms with Crippen LogP contribution in [-0.2, 0) is 16.0 Å². The molecular formula is C24H27ClF4N3O5S-. The number of anilines is 1. The van der Waals surface area contributed by atoms with Crippen molar-refractivity contribution < 1.29 is 40.6 Å². The van der Waals surface area contributed by atoms with Gasteiger partial charge in [-0.2, -0.15) is 0 Å². The van der Waals surface area contributed by atoms with E-state index in [1.54, 1.807) is 25.7 Å². The molecule has 2 atom stereocenters. The van der Waals surface area contributed by atoms with Gasteiger partial charge in [-0.3, -0.25) is 13.4 Å². The fraction of sp³-hybridized carbons (Fsp3) is 0.458. The highest BCUT2D eigenvalue weighted by Gasteiger charge is 2.32. The number of halogens is 5. The lowest BCUT2D eigenvalue weighted by atomic mass is 10.0. The molecule has 0 saturated carbocycles. The quantitative estimate of drug-likeness (QED) is 0.328. The highest BCUT2D eigenvalue weighted by Crippen LogP contribution is 2.33. The van der Waals surface area contributed by atoms with Crippen LogP contribution in [0.2, 0.25) is 5.02 Å². The Hall–Kier alpha value is -2.61. The molecule has 210 valence electrons. The van der Waals surface area contributed by atoms with Gasteiger partial charge in [0.25, 0.3) is 0 Å². The number of hydrogen-bond acceptors (Lipinski definition) is 6. The van der Waals surface area contributed by atoms with E-state index in [1.807, 2.05) is 4.90 Å². The number of benzene rings is 2. The number of carbonyl (C=O) groups is 1. The van der Waals surface area contributed by atoms with Gasteiger partial charge in [-0.05, 0) is 62.7 Å². The maximum atomic E-state index is 14.4. The molecule has 0 aromatic heterocycles. The first-order chi connectivity index (χ1) is 17.6. The minimum atomic E-state index is -4.91. The Bertz CT molecular complexity index is 1140. The topological polar surface area (TPSA) is 85.4 Å². The molecule has 38 heavy (non-hydrogen) atoms. The first kappa shape index (κ1) is 29.9. The standard InChI is InChI=1S/C24H28ClF4N3O5S/c1-23(2,3)37-22(33)31-12-10-30(11-13-31)15-21(16-4-9-19(25)20(26)14-16)32(38(34)35)17-5-7-18(8-6-17)36-24(27,28)29/h4-9,14,21H,10-13,15H2,1-3H3,(H,34,35)/p-1. The third-order valence-electron chi connectivity index (χ3n) is 5.55. The summed E-state index contributed by atoms with van der Waals surface area (Å²) in [5.41, 5.74) is -0.334. The number of amides is 1. The van der Waals surface area contributed by atoms with Crippen LogP contribution < -0.4 is 9.04 Å². The fourth-order valence-electron chi connectivity index (χ4n) is 3.88. The molecule has 0 aliphatic carbocycles. The summed E-state index contributed by atoms with van der Waals surface area (Å²) in [5, 5.41) is -0.151. The molecule has 1 fully saturated rings. The van der Waals surface area contributed by atoms with Crippen molar-refractivity contribution in [1.29, 1.82) is 0 Å². The van der Waals surface area contributed by atoms with Crippen molar-refractivity contribution in [2.75, 3.05) is 37.0 Å². The second-order valence-electron chi connectivity index (χ2n) is 9.54. The number of alkyl halides is 3. The number of piperazine rings is 1. The minimum Gasteiger partial charge on any atom is -0.755 e. The summed E-state index contributed by atoms with van der Waals surface area (Å²) in [5.74, 6) is -1.28. The van der Waals surface area contributed by atoms with Gasteiger partial charge in [0.2, 0.25) is 0 Å². The van der Waals surface area contributed by atoms with Gasteiger partial charge in [-0.15, -0.1) is 13.2 Å². The van der Waals surface area contributed by atoms with Crippen LogP contribution >= 0.6 is 11.6 Å². The molecule has 2 aromatic carbocycles. The smallest absolute Gasteiger partial charge is 0.573 e. The van der Waals surface area contributed by atoms with Crippen LogP contribution in [0.15, 0.2) is 42.5 Å². The Morgan fingerprint density at radius 1 is 1.11 bits per heavy atom. The molecule has 0 N–H and O–H groups in total. The molecule has 1 aliphatic rings. The summed E-state index contributed by atoms with van der Waals surface area (Å²) in [4.78, 5) is 15.8. The Labute approximate surface area is 225 Å². The number of nitrogens with zero attached hydrogens (tertiary/aromatic N) is 3. The summed E-state index contributed by atoms with van der Waals surface area (Å²) in [6.07, 6.45) is -5.37. The van der Waals surface area contributed by atoms with E-state index in [4.69, 9.17) is 16.3 Å². The van der Waals surface area contributed by atoms with Crippen molar-refractivity contribution in [3.8, 4) is 5.75 Å². The Kier molecular flexibility index (Phi) is 9.50. The van der Waals surface area contributed by atoms with Crippen molar-refractivity contribution in [2.24, 2.45) is 0 Å². The first-order valence-electron chi connectivity index (χ1n) is 11.5. The molecule has 2 aromatic rings. The van der Waals surface area contributed by atoms with Crippen molar-refractivity contribution in [1.82, 2.24) is 9.80 Å². The molecule has 3 rings (SSSR count). The predicted octanol–water partition coefficient (Wildman–Crippen LogP) is 5.27. The van der Waals surface area contributed by atoms with Crippen LogP contribution in [0.5, 0.6) is 5.75 Å². The van der Waals surface area contributed by atoms with E-state index in [0.717, 1.165) is 34.6 Å². The molecule has 0 radical (unpaired) electrons. The lowest BCUT2D eigenvalue weighted by Crippen LogP contribution is -2.52. The molecule has 8 nitrogen and oxygen atoms in total. The zero-order chi connectivity index (χ0) is 28.3. The molecular weight excluding hydrogens is 554 g/mol. The van der Waals surface area contributed by atoms with Crippen molar-refractivity contribution in [3.05, 3.63) is 58.9 Å². The normalized spacial score (nSPS) is 16.6. The molecule has 14 heteroatoms.